The first kappa shape index (κ1) is 14.3. The summed E-state index contributed by atoms with van der Waals surface area (Å²) in [4.78, 5) is 8.45. The van der Waals surface area contributed by atoms with E-state index in [0.29, 0.717) is 4.88 Å². The number of hydrogen-bond acceptors (Lipinski definition) is 4. The lowest BCUT2D eigenvalue weighted by Crippen LogP contribution is -2.41. The molecule has 0 bridgehead atoms. The minimum Gasteiger partial charge on any atom is -0.365 e. The van der Waals surface area contributed by atoms with Crippen LogP contribution in [0.1, 0.15) is 31.7 Å². The molecule has 7 heteroatoms. The monoisotopic (exact) mass is 313 g/mol. The third-order valence-corrected chi connectivity index (χ3v) is 4.60. The Balaban J connectivity index is 1.99. The van der Waals surface area contributed by atoms with Crippen molar-refractivity contribution in [2.24, 2.45) is 0 Å². The Kier molecular flexibility index (Phi) is 3.39. The van der Waals surface area contributed by atoms with Crippen molar-refractivity contribution in [3.8, 4) is 10.4 Å². The summed E-state index contributed by atoms with van der Waals surface area (Å²) in [5.41, 5.74) is 0.778. The van der Waals surface area contributed by atoms with Crippen LogP contribution in [0, 0.1) is 0 Å². The molecular weight excluding hydrogens is 299 g/mol. The fourth-order valence-corrected chi connectivity index (χ4v) is 3.09. The van der Waals surface area contributed by atoms with Gasteiger partial charge in [-0.15, -0.1) is 11.3 Å². The van der Waals surface area contributed by atoms with Gasteiger partial charge in [-0.05, 0) is 32.3 Å². The summed E-state index contributed by atoms with van der Waals surface area (Å²) in [6.45, 7) is 2.00. The van der Waals surface area contributed by atoms with Gasteiger partial charge in [-0.3, -0.25) is 4.98 Å². The molecule has 1 saturated carbocycles. The van der Waals surface area contributed by atoms with Crippen LogP contribution >= 0.6 is 11.3 Å². The molecule has 0 radical (unpaired) electrons. The second kappa shape index (κ2) is 4.98. The Bertz CT molecular complexity index is 633. The molecule has 0 unspecified atom stereocenters. The largest absolute Gasteiger partial charge is 0.417 e. The fraction of sp³-hybridized carbons (Fsp3) is 0.429. The number of alkyl halides is 3. The Morgan fingerprint density at radius 1 is 1.29 bits per heavy atom. The van der Waals surface area contributed by atoms with Crippen molar-refractivity contribution in [1.82, 2.24) is 9.97 Å². The quantitative estimate of drug-likeness (QED) is 0.901. The highest BCUT2D eigenvalue weighted by Gasteiger charge is 2.36. The first-order chi connectivity index (χ1) is 9.87. The smallest absolute Gasteiger partial charge is 0.365 e. The number of anilines is 1. The molecule has 0 atom stereocenters. The molecule has 0 amide bonds. The fourth-order valence-electron chi connectivity index (χ4n) is 2.44. The lowest BCUT2D eigenvalue weighted by atomic mass is 9.78. The number of nitrogens with zero attached hydrogens (tertiary/aromatic N) is 2. The first-order valence-corrected chi connectivity index (χ1v) is 7.50. The highest BCUT2D eigenvalue weighted by molar-refractivity contribution is 7.13. The van der Waals surface area contributed by atoms with Gasteiger partial charge < -0.3 is 5.32 Å². The van der Waals surface area contributed by atoms with Crippen LogP contribution in [0.3, 0.4) is 0 Å². The van der Waals surface area contributed by atoms with Crippen molar-refractivity contribution >= 4 is 17.2 Å². The van der Waals surface area contributed by atoms with Crippen LogP contribution in [-0.4, -0.2) is 15.5 Å². The Hall–Kier alpha value is -1.63. The zero-order valence-electron chi connectivity index (χ0n) is 11.4. The second-order valence-electron chi connectivity index (χ2n) is 5.52. The van der Waals surface area contributed by atoms with Gasteiger partial charge in [0.05, 0.1) is 16.0 Å². The lowest BCUT2D eigenvalue weighted by molar-refractivity contribution is -0.137. The highest BCUT2D eigenvalue weighted by Crippen LogP contribution is 2.40. The molecule has 112 valence electrons. The summed E-state index contributed by atoms with van der Waals surface area (Å²) in [7, 11) is 0. The minimum atomic E-state index is -4.42. The summed E-state index contributed by atoms with van der Waals surface area (Å²) in [5.74, 6) is 0.276. The molecule has 1 aliphatic carbocycles. The molecule has 1 N–H and O–H groups in total. The molecule has 0 saturated heterocycles. The van der Waals surface area contributed by atoms with E-state index < -0.39 is 11.7 Å². The SMILES string of the molecule is CC1(Nc2cc(C(F)(F)F)c(-c3cncs3)cn2)CCC1. The van der Waals surface area contributed by atoms with Gasteiger partial charge >= 0.3 is 6.18 Å². The molecule has 1 fully saturated rings. The average molecular weight is 313 g/mol. The van der Waals surface area contributed by atoms with E-state index in [-0.39, 0.29) is 16.9 Å². The van der Waals surface area contributed by atoms with Crippen molar-refractivity contribution in [3.63, 3.8) is 0 Å². The van der Waals surface area contributed by atoms with Crippen LogP contribution in [0.4, 0.5) is 19.0 Å². The molecule has 0 aromatic carbocycles. The minimum absolute atomic E-state index is 0.0781. The van der Waals surface area contributed by atoms with E-state index in [0.717, 1.165) is 25.3 Å². The van der Waals surface area contributed by atoms with Gasteiger partial charge in [0, 0.05) is 23.5 Å². The molecule has 1 aliphatic rings. The molecule has 0 spiro atoms. The number of hydrogen-bond donors (Lipinski definition) is 1. The van der Waals surface area contributed by atoms with Gasteiger partial charge in [0.2, 0.25) is 0 Å². The molecule has 3 nitrogen and oxygen atoms in total. The number of pyridine rings is 1. The maximum absolute atomic E-state index is 13.3. The van der Waals surface area contributed by atoms with Gasteiger partial charge in [0.1, 0.15) is 5.82 Å². The van der Waals surface area contributed by atoms with E-state index in [2.05, 4.69) is 15.3 Å². The van der Waals surface area contributed by atoms with E-state index in [1.807, 2.05) is 6.92 Å². The molecule has 3 rings (SSSR count). The standard InChI is InChI=1S/C14H14F3N3S/c1-13(3-2-4-13)20-12-5-10(14(15,16)17)9(6-19-12)11-7-18-8-21-11/h5-8H,2-4H2,1H3,(H,19,20). The van der Waals surface area contributed by atoms with Gasteiger partial charge in [0.25, 0.3) is 0 Å². The van der Waals surface area contributed by atoms with Crippen LogP contribution in [0.25, 0.3) is 10.4 Å². The molecule has 2 heterocycles. The number of aromatic nitrogens is 2. The van der Waals surface area contributed by atoms with Crippen molar-refractivity contribution in [3.05, 3.63) is 29.5 Å². The maximum Gasteiger partial charge on any atom is 0.417 e. The zero-order valence-corrected chi connectivity index (χ0v) is 12.2. The molecule has 0 aliphatic heterocycles. The van der Waals surface area contributed by atoms with E-state index in [1.54, 1.807) is 0 Å². The van der Waals surface area contributed by atoms with Crippen molar-refractivity contribution in [2.45, 2.75) is 37.9 Å². The van der Waals surface area contributed by atoms with Gasteiger partial charge in [0.15, 0.2) is 0 Å². The van der Waals surface area contributed by atoms with Crippen molar-refractivity contribution < 1.29 is 13.2 Å². The number of thiazole rings is 1. The molecule has 21 heavy (non-hydrogen) atoms. The number of nitrogens with one attached hydrogen (secondary N) is 1. The number of halogens is 3. The second-order valence-corrected chi connectivity index (χ2v) is 6.40. The predicted molar refractivity (Wildman–Crippen MR) is 76.2 cm³/mol. The lowest BCUT2D eigenvalue weighted by Gasteiger charge is -2.39. The van der Waals surface area contributed by atoms with E-state index in [1.165, 1.54) is 29.2 Å². The Labute approximate surface area is 124 Å². The van der Waals surface area contributed by atoms with Gasteiger partial charge in [-0.25, -0.2) is 4.98 Å². The molecule has 2 aromatic heterocycles. The highest BCUT2D eigenvalue weighted by atomic mass is 32.1. The molecular formula is C14H14F3N3S. The third kappa shape index (κ3) is 2.88. The van der Waals surface area contributed by atoms with Crippen molar-refractivity contribution in [2.75, 3.05) is 5.32 Å². The summed E-state index contributed by atoms with van der Waals surface area (Å²) in [6.07, 6.45) is 1.28. The predicted octanol–water partition coefficient (Wildman–Crippen LogP) is 4.58. The van der Waals surface area contributed by atoms with Crippen molar-refractivity contribution in [1.29, 1.82) is 0 Å². The van der Waals surface area contributed by atoms with Crippen LogP contribution in [-0.2, 0) is 6.18 Å². The normalized spacial score (nSPS) is 17.3. The Morgan fingerprint density at radius 2 is 2.05 bits per heavy atom. The first-order valence-electron chi connectivity index (χ1n) is 6.62. The Morgan fingerprint density at radius 3 is 2.57 bits per heavy atom. The zero-order chi connectivity index (χ0) is 15.1. The van der Waals surface area contributed by atoms with Crippen LogP contribution in [0.2, 0.25) is 0 Å². The number of rotatable bonds is 3. The van der Waals surface area contributed by atoms with E-state index in [9.17, 15) is 13.2 Å². The van der Waals surface area contributed by atoms with E-state index in [4.69, 9.17) is 0 Å². The maximum atomic E-state index is 13.3. The van der Waals surface area contributed by atoms with Crippen LogP contribution in [0.15, 0.2) is 24.0 Å². The molecule has 2 aromatic rings. The van der Waals surface area contributed by atoms with Gasteiger partial charge in [-0.2, -0.15) is 13.2 Å². The van der Waals surface area contributed by atoms with Gasteiger partial charge in [-0.1, -0.05) is 0 Å². The van der Waals surface area contributed by atoms with Crippen LogP contribution < -0.4 is 5.32 Å². The van der Waals surface area contributed by atoms with E-state index >= 15 is 0 Å². The third-order valence-electron chi connectivity index (χ3n) is 3.79. The summed E-state index contributed by atoms with van der Waals surface area (Å²) in [6, 6.07) is 1.10. The summed E-state index contributed by atoms with van der Waals surface area (Å²) >= 11 is 1.17. The summed E-state index contributed by atoms with van der Waals surface area (Å²) in [5, 5.41) is 3.12. The van der Waals surface area contributed by atoms with Crippen LogP contribution in [0.5, 0.6) is 0 Å². The average Bonchev–Trinajstić information content (AvgIpc) is 2.89. The topological polar surface area (TPSA) is 37.8 Å². The summed E-state index contributed by atoms with van der Waals surface area (Å²) < 4.78 is 39.8.